The van der Waals surface area contributed by atoms with Gasteiger partial charge in [-0.25, -0.2) is 14.2 Å². The van der Waals surface area contributed by atoms with E-state index >= 15 is 0 Å². The van der Waals surface area contributed by atoms with Crippen LogP contribution in [-0.2, 0) is 0 Å². The number of hydrogen-bond acceptors (Lipinski definition) is 4. The highest BCUT2D eigenvalue weighted by Gasteiger charge is 2.13. The van der Waals surface area contributed by atoms with Crippen LogP contribution in [0.5, 0.6) is 0 Å². The van der Waals surface area contributed by atoms with Gasteiger partial charge in [-0.3, -0.25) is 0 Å². The summed E-state index contributed by atoms with van der Waals surface area (Å²) in [5.41, 5.74) is 5.96. The Labute approximate surface area is 112 Å². The number of aromatic nitrogens is 1. The van der Waals surface area contributed by atoms with Crippen molar-refractivity contribution in [3.63, 3.8) is 0 Å². The summed E-state index contributed by atoms with van der Waals surface area (Å²) in [5.74, 6) is -1.59. The molecular formula is C12H9ClFN3O2. The number of anilines is 3. The molecule has 7 heteroatoms. The molecule has 0 spiro atoms. The van der Waals surface area contributed by atoms with Gasteiger partial charge in [-0.1, -0.05) is 11.6 Å². The van der Waals surface area contributed by atoms with Crippen LogP contribution in [0.1, 0.15) is 10.4 Å². The Hall–Kier alpha value is -2.34. The fourth-order valence-corrected chi connectivity index (χ4v) is 1.68. The van der Waals surface area contributed by atoms with Crippen LogP contribution in [0.4, 0.5) is 21.6 Å². The molecule has 0 radical (unpaired) electrons. The van der Waals surface area contributed by atoms with Gasteiger partial charge in [0.2, 0.25) is 0 Å². The van der Waals surface area contributed by atoms with Crippen molar-refractivity contribution in [2.24, 2.45) is 0 Å². The first-order valence-electron chi connectivity index (χ1n) is 5.18. The Bertz CT molecular complexity index is 649. The number of carbonyl (C=O) groups is 1. The Kier molecular flexibility index (Phi) is 3.52. The van der Waals surface area contributed by atoms with Crippen molar-refractivity contribution in [2.75, 3.05) is 11.1 Å². The van der Waals surface area contributed by atoms with Gasteiger partial charge in [-0.15, -0.1) is 0 Å². The highest BCUT2D eigenvalue weighted by Crippen LogP contribution is 2.27. The van der Waals surface area contributed by atoms with Crippen molar-refractivity contribution in [2.45, 2.75) is 0 Å². The Morgan fingerprint density at radius 2 is 2.16 bits per heavy atom. The number of carboxylic acid groups (broad SMARTS) is 1. The monoisotopic (exact) mass is 281 g/mol. The minimum absolute atomic E-state index is 0.0789. The smallest absolute Gasteiger partial charge is 0.339 e. The van der Waals surface area contributed by atoms with E-state index in [9.17, 15) is 9.18 Å². The third kappa shape index (κ3) is 2.92. The molecule has 0 amide bonds. The van der Waals surface area contributed by atoms with E-state index in [4.69, 9.17) is 22.4 Å². The number of halogens is 2. The van der Waals surface area contributed by atoms with Crippen LogP contribution in [0.3, 0.4) is 0 Å². The maximum Gasteiger partial charge on any atom is 0.339 e. The van der Waals surface area contributed by atoms with Gasteiger partial charge in [0.1, 0.15) is 17.2 Å². The molecule has 0 unspecified atom stereocenters. The second-order valence-electron chi connectivity index (χ2n) is 3.72. The van der Waals surface area contributed by atoms with Crippen molar-refractivity contribution in [3.05, 3.63) is 46.9 Å². The zero-order chi connectivity index (χ0) is 14.0. The normalized spacial score (nSPS) is 10.2. The Balaban J connectivity index is 2.40. The molecule has 0 saturated carbocycles. The number of pyridine rings is 1. The number of rotatable bonds is 3. The lowest BCUT2D eigenvalue weighted by Crippen LogP contribution is -2.06. The van der Waals surface area contributed by atoms with Gasteiger partial charge in [0, 0.05) is 0 Å². The number of nitrogens with two attached hydrogens (primary N) is 1. The highest BCUT2D eigenvalue weighted by atomic mass is 35.5. The molecule has 2 aromatic rings. The van der Waals surface area contributed by atoms with Gasteiger partial charge < -0.3 is 16.2 Å². The predicted molar refractivity (Wildman–Crippen MR) is 70.3 cm³/mol. The maximum atomic E-state index is 12.9. The van der Waals surface area contributed by atoms with Crippen LogP contribution in [-0.4, -0.2) is 16.1 Å². The lowest BCUT2D eigenvalue weighted by atomic mass is 10.2. The SMILES string of the molecule is Nc1cnc(Nc2ccc(F)cc2Cl)c(C(=O)O)c1. The summed E-state index contributed by atoms with van der Waals surface area (Å²) in [6, 6.07) is 4.98. The van der Waals surface area contributed by atoms with E-state index in [-0.39, 0.29) is 22.1 Å². The van der Waals surface area contributed by atoms with Crippen molar-refractivity contribution in [1.82, 2.24) is 4.98 Å². The van der Waals surface area contributed by atoms with E-state index in [0.29, 0.717) is 5.69 Å². The molecule has 0 aliphatic heterocycles. The maximum absolute atomic E-state index is 12.9. The zero-order valence-corrected chi connectivity index (χ0v) is 10.3. The number of nitrogens with one attached hydrogen (secondary N) is 1. The molecule has 1 aromatic carbocycles. The molecule has 0 aliphatic rings. The average molecular weight is 282 g/mol. The molecule has 0 bridgehead atoms. The third-order valence-electron chi connectivity index (χ3n) is 2.32. The molecule has 5 nitrogen and oxygen atoms in total. The van der Waals surface area contributed by atoms with Crippen molar-refractivity contribution in [3.8, 4) is 0 Å². The zero-order valence-electron chi connectivity index (χ0n) is 9.52. The summed E-state index contributed by atoms with van der Waals surface area (Å²) < 4.78 is 12.9. The third-order valence-corrected chi connectivity index (χ3v) is 2.64. The van der Waals surface area contributed by atoms with E-state index in [1.807, 2.05) is 0 Å². The first-order valence-corrected chi connectivity index (χ1v) is 5.56. The molecule has 0 fully saturated rings. The molecule has 19 heavy (non-hydrogen) atoms. The summed E-state index contributed by atoms with van der Waals surface area (Å²) in [6.07, 6.45) is 1.31. The molecule has 0 saturated heterocycles. The second kappa shape index (κ2) is 5.11. The van der Waals surface area contributed by atoms with E-state index < -0.39 is 11.8 Å². The van der Waals surface area contributed by atoms with E-state index in [1.54, 1.807) is 0 Å². The van der Waals surface area contributed by atoms with Gasteiger partial charge in [-0.05, 0) is 24.3 Å². The van der Waals surface area contributed by atoms with Crippen LogP contribution in [0.2, 0.25) is 5.02 Å². The molecule has 0 aliphatic carbocycles. The summed E-state index contributed by atoms with van der Waals surface area (Å²) in [7, 11) is 0. The Morgan fingerprint density at radius 1 is 1.42 bits per heavy atom. The van der Waals surface area contributed by atoms with Crippen LogP contribution in [0.15, 0.2) is 30.5 Å². The van der Waals surface area contributed by atoms with Crippen LogP contribution >= 0.6 is 11.6 Å². The summed E-state index contributed by atoms with van der Waals surface area (Å²) in [4.78, 5) is 15.0. The van der Waals surface area contributed by atoms with Crippen molar-refractivity contribution < 1.29 is 14.3 Å². The number of hydrogen-bond donors (Lipinski definition) is 3. The first-order chi connectivity index (χ1) is 8.97. The van der Waals surface area contributed by atoms with Gasteiger partial charge >= 0.3 is 5.97 Å². The van der Waals surface area contributed by atoms with Crippen LogP contribution in [0, 0.1) is 5.82 Å². The lowest BCUT2D eigenvalue weighted by molar-refractivity contribution is 0.0697. The predicted octanol–water partition coefficient (Wildman–Crippen LogP) is 2.90. The number of benzene rings is 1. The van der Waals surface area contributed by atoms with Gasteiger partial charge in [-0.2, -0.15) is 0 Å². The van der Waals surface area contributed by atoms with Gasteiger partial charge in [0.15, 0.2) is 0 Å². The standard InChI is InChI=1S/C12H9ClFN3O2/c13-9-3-6(14)1-2-10(9)17-11-8(12(18)19)4-7(15)5-16-11/h1-5H,15H2,(H,16,17)(H,18,19). The summed E-state index contributed by atoms with van der Waals surface area (Å²) in [5, 5.41) is 11.9. The summed E-state index contributed by atoms with van der Waals surface area (Å²) in [6.45, 7) is 0. The molecule has 4 N–H and O–H groups in total. The molecule has 1 heterocycles. The van der Waals surface area contributed by atoms with Crippen LogP contribution in [0.25, 0.3) is 0 Å². The molecule has 2 rings (SSSR count). The fraction of sp³-hybridized carbons (Fsp3) is 0. The first kappa shape index (κ1) is 13.1. The number of nitrogens with zero attached hydrogens (tertiary/aromatic N) is 1. The molecule has 98 valence electrons. The fourth-order valence-electron chi connectivity index (χ4n) is 1.46. The van der Waals surface area contributed by atoms with E-state index in [0.717, 1.165) is 6.07 Å². The van der Waals surface area contributed by atoms with Crippen molar-refractivity contribution in [1.29, 1.82) is 0 Å². The van der Waals surface area contributed by atoms with E-state index in [1.165, 1.54) is 24.4 Å². The second-order valence-corrected chi connectivity index (χ2v) is 4.13. The van der Waals surface area contributed by atoms with Gasteiger partial charge in [0.25, 0.3) is 0 Å². The molecule has 0 atom stereocenters. The number of aromatic carboxylic acids is 1. The number of carboxylic acids is 1. The molecule has 1 aromatic heterocycles. The van der Waals surface area contributed by atoms with Crippen LogP contribution < -0.4 is 11.1 Å². The summed E-state index contributed by atoms with van der Waals surface area (Å²) >= 11 is 5.84. The molecular weight excluding hydrogens is 273 g/mol. The number of nitrogen functional groups attached to an aromatic ring is 1. The largest absolute Gasteiger partial charge is 0.478 e. The van der Waals surface area contributed by atoms with Crippen molar-refractivity contribution >= 4 is 34.8 Å². The quantitative estimate of drug-likeness (QED) is 0.805. The topological polar surface area (TPSA) is 88.2 Å². The van der Waals surface area contributed by atoms with Gasteiger partial charge in [0.05, 0.1) is 22.6 Å². The Morgan fingerprint density at radius 3 is 2.79 bits per heavy atom. The van der Waals surface area contributed by atoms with E-state index in [2.05, 4.69) is 10.3 Å². The average Bonchev–Trinajstić information content (AvgIpc) is 2.34. The minimum Gasteiger partial charge on any atom is -0.478 e. The highest BCUT2D eigenvalue weighted by molar-refractivity contribution is 6.33. The minimum atomic E-state index is -1.18. The lowest BCUT2D eigenvalue weighted by Gasteiger charge is -2.10.